The second kappa shape index (κ2) is 4.81. The molecule has 0 aromatic carbocycles. The molecule has 5 nitrogen and oxygen atoms in total. The minimum Gasteiger partial charge on any atom is -0.306 e. The van der Waals surface area contributed by atoms with E-state index in [9.17, 15) is 26.4 Å². The smallest absolute Gasteiger partial charge is 0.306 e. The monoisotopic (exact) mass is 274 g/mol. The van der Waals surface area contributed by atoms with Gasteiger partial charge in [0.1, 0.15) is 0 Å². The van der Waals surface area contributed by atoms with E-state index in [1.165, 1.54) is 0 Å². The number of carbonyl (C=O) groups is 1. The lowest BCUT2D eigenvalue weighted by Gasteiger charge is -2.27. The zero-order chi connectivity index (χ0) is 13.3. The number of likely N-dealkylation sites (tertiary alicyclic amines) is 1. The first kappa shape index (κ1) is 14.2. The van der Waals surface area contributed by atoms with Crippen LogP contribution in [-0.4, -0.2) is 44.9 Å². The molecule has 0 atom stereocenters. The van der Waals surface area contributed by atoms with Crippen LogP contribution in [0.25, 0.3) is 0 Å². The first-order chi connectivity index (χ1) is 7.63. The predicted octanol–water partition coefficient (Wildman–Crippen LogP) is 0.294. The van der Waals surface area contributed by atoms with Gasteiger partial charge in [-0.05, 0) is 33.0 Å². The summed E-state index contributed by atoms with van der Waals surface area (Å²) < 4.78 is 58.5. The highest BCUT2D eigenvalue weighted by atomic mass is 32.2. The lowest BCUT2D eigenvalue weighted by atomic mass is 9.97. The molecule has 1 aliphatic rings. The Bertz CT molecular complexity index is 385. The molecule has 0 aliphatic carbocycles. The zero-order valence-electron chi connectivity index (χ0n) is 9.12. The molecule has 0 saturated carbocycles. The van der Waals surface area contributed by atoms with Gasteiger partial charge in [0, 0.05) is 5.92 Å². The third kappa shape index (κ3) is 3.56. The minimum atomic E-state index is -5.57. The van der Waals surface area contributed by atoms with Crippen molar-refractivity contribution in [2.24, 2.45) is 5.92 Å². The number of hydrogen-bond donors (Lipinski definition) is 1. The Labute approximate surface area is 97.0 Å². The van der Waals surface area contributed by atoms with Crippen LogP contribution < -0.4 is 4.72 Å². The second-order valence-corrected chi connectivity index (χ2v) is 5.67. The van der Waals surface area contributed by atoms with Crippen molar-refractivity contribution in [2.45, 2.75) is 18.3 Å². The van der Waals surface area contributed by atoms with E-state index in [0.29, 0.717) is 25.9 Å². The lowest BCUT2D eigenvalue weighted by molar-refractivity contribution is -0.125. The summed E-state index contributed by atoms with van der Waals surface area (Å²) in [7, 11) is -3.75. The summed E-state index contributed by atoms with van der Waals surface area (Å²) in [5, 5.41) is 0. The summed E-state index contributed by atoms with van der Waals surface area (Å²) in [6, 6.07) is 0. The average Bonchev–Trinajstić information content (AvgIpc) is 2.16. The second-order valence-electron chi connectivity index (χ2n) is 3.99. The number of nitrogens with one attached hydrogen (secondary N) is 1. The number of carbonyl (C=O) groups excluding carboxylic acids is 1. The molecule has 0 spiro atoms. The molecular weight excluding hydrogens is 261 g/mol. The van der Waals surface area contributed by atoms with Crippen molar-refractivity contribution >= 4 is 15.9 Å². The van der Waals surface area contributed by atoms with Crippen molar-refractivity contribution in [1.29, 1.82) is 0 Å². The summed E-state index contributed by atoms with van der Waals surface area (Å²) in [5.41, 5.74) is -5.45. The number of alkyl halides is 3. The highest BCUT2D eigenvalue weighted by Crippen LogP contribution is 2.23. The molecule has 1 aliphatic heterocycles. The van der Waals surface area contributed by atoms with Crippen LogP contribution in [0.2, 0.25) is 0 Å². The molecular formula is C8H13F3N2O3S. The fourth-order valence-corrected chi connectivity index (χ4v) is 2.09. The van der Waals surface area contributed by atoms with Crippen molar-refractivity contribution in [3.05, 3.63) is 0 Å². The van der Waals surface area contributed by atoms with E-state index in [4.69, 9.17) is 0 Å². The van der Waals surface area contributed by atoms with Crippen LogP contribution in [0.15, 0.2) is 0 Å². The maximum atomic E-state index is 12.0. The Morgan fingerprint density at radius 1 is 1.29 bits per heavy atom. The van der Waals surface area contributed by atoms with Gasteiger partial charge >= 0.3 is 15.5 Å². The Balaban J connectivity index is 2.62. The third-order valence-corrected chi connectivity index (χ3v) is 3.71. The largest absolute Gasteiger partial charge is 0.516 e. The standard InChI is InChI=1S/C8H13F3N2O3S/c1-13-4-2-6(3-5-13)7(14)12-17(15,16)8(9,10)11/h6H,2-5H2,1H3,(H,12,14). The van der Waals surface area contributed by atoms with Crippen LogP contribution in [-0.2, 0) is 14.8 Å². The van der Waals surface area contributed by atoms with E-state index in [2.05, 4.69) is 0 Å². The van der Waals surface area contributed by atoms with Crippen molar-refractivity contribution in [3.63, 3.8) is 0 Å². The van der Waals surface area contributed by atoms with Crippen LogP contribution in [0.5, 0.6) is 0 Å². The summed E-state index contributed by atoms with van der Waals surface area (Å²) in [6.07, 6.45) is 0.714. The van der Waals surface area contributed by atoms with E-state index < -0.39 is 27.4 Å². The molecule has 1 fully saturated rings. The van der Waals surface area contributed by atoms with Crippen LogP contribution >= 0.6 is 0 Å². The Hall–Kier alpha value is -0.830. The first-order valence-electron chi connectivity index (χ1n) is 4.95. The molecule has 0 radical (unpaired) electrons. The van der Waals surface area contributed by atoms with Gasteiger partial charge in [-0.25, -0.2) is 4.72 Å². The number of rotatable bonds is 2. The molecule has 9 heteroatoms. The van der Waals surface area contributed by atoms with Gasteiger partial charge in [-0.1, -0.05) is 0 Å². The molecule has 17 heavy (non-hydrogen) atoms. The third-order valence-electron chi connectivity index (χ3n) is 2.63. The van der Waals surface area contributed by atoms with Crippen LogP contribution in [0.3, 0.4) is 0 Å². The van der Waals surface area contributed by atoms with E-state index in [1.807, 2.05) is 11.9 Å². The summed E-state index contributed by atoms with van der Waals surface area (Å²) in [6.45, 7) is 1.12. The normalized spacial score (nSPS) is 20.2. The number of piperidine rings is 1. The van der Waals surface area contributed by atoms with E-state index in [-0.39, 0.29) is 0 Å². The molecule has 1 rings (SSSR count). The molecule has 0 bridgehead atoms. The number of halogens is 3. The van der Waals surface area contributed by atoms with Gasteiger partial charge in [0.25, 0.3) is 0 Å². The van der Waals surface area contributed by atoms with Crippen molar-refractivity contribution in [1.82, 2.24) is 9.62 Å². The summed E-state index contributed by atoms with van der Waals surface area (Å²) >= 11 is 0. The van der Waals surface area contributed by atoms with Crippen molar-refractivity contribution in [3.8, 4) is 0 Å². The molecule has 1 heterocycles. The fraction of sp³-hybridized carbons (Fsp3) is 0.875. The predicted molar refractivity (Wildman–Crippen MR) is 53.3 cm³/mol. The fourth-order valence-electron chi connectivity index (χ4n) is 1.54. The minimum absolute atomic E-state index is 0.357. The molecule has 100 valence electrons. The van der Waals surface area contributed by atoms with Gasteiger partial charge in [0.05, 0.1) is 0 Å². The van der Waals surface area contributed by atoms with Crippen LogP contribution in [0.1, 0.15) is 12.8 Å². The van der Waals surface area contributed by atoms with E-state index in [0.717, 1.165) is 4.72 Å². The molecule has 1 N–H and O–H groups in total. The molecule has 1 saturated heterocycles. The number of hydrogen-bond acceptors (Lipinski definition) is 4. The zero-order valence-corrected chi connectivity index (χ0v) is 9.94. The van der Waals surface area contributed by atoms with Crippen LogP contribution in [0, 0.1) is 5.92 Å². The van der Waals surface area contributed by atoms with Crippen molar-refractivity contribution in [2.75, 3.05) is 20.1 Å². The quantitative estimate of drug-likeness (QED) is 0.786. The van der Waals surface area contributed by atoms with Crippen molar-refractivity contribution < 1.29 is 26.4 Å². The number of sulfonamides is 1. The van der Waals surface area contributed by atoms with Gasteiger partial charge in [-0.2, -0.15) is 21.6 Å². The van der Waals surface area contributed by atoms with Gasteiger partial charge in [0.15, 0.2) is 0 Å². The Morgan fingerprint density at radius 2 is 1.76 bits per heavy atom. The lowest BCUT2D eigenvalue weighted by Crippen LogP contribution is -2.45. The van der Waals surface area contributed by atoms with Gasteiger partial charge < -0.3 is 4.90 Å². The van der Waals surface area contributed by atoms with Gasteiger partial charge in [-0.15, -0.1) is 0 Å². The van der Waals surface area contributed by atoms with E-state index >= 15 is 0 Å². The molecule has 1 amide bonds. The molecule has 0 aromatic rings. The molecule has 0 unspecified atom stereocenters. The van der Waals surface area contributed by atoms with Gasteiger partial charge in [0.2, 0.25) is 5.91 Å². The van der Waals surface area contributed by atoms with E-state index in [1.54, 1.807) is 0 Å². The Morgan fingerprint density at radius 3 is 2.18 bits per heavy atom. The highest BCUT2D eigenvalue weighted by molar-refractivity contribution is 7.90. The SMILES string of the molecule is CN1CCC(C(=O)NS(=O)(=O)C(F)(F)F)CC1. The maximum Gasteiger partial charge on any atom is 0.516 e. The highest BCUT2D eigenvalue weighted by Gasteiger charge is 2.47. The summed E-state index contributed by atoms with van der Waals surface area (Å²) in [5.74, 6) is -1.75. The topological polar surface area (TPSA) is 66.5 Å². The number of amides is 1. The first-order valence-corrected chi connectivity index (χ1v) is 6.43. The number of nitrogens with zero attached hydrogens (tertiary/aromatic N) is 1. The van der Waals surface area contributed by atoms with Gasteiger partial charge in [-0.3, -0.25) is 4.79 Å². The molecule has 0 aromatic heterocycles. The van der Waals surface area contributed by atoms with Crippen LogP contribution in [0.4, 0.5) is 13.2 Å². The summed E-state index contributed by atoms with van der Waals surface area (Å²) in [4.78, 5) is 13.3. The maximum absolute atomic E-state index is 12.0. The Kier molecular flexibility index (Phi) is 4.03. The average molecular weight is 274 g/mol.